The van der Waals surface area contributed by atoms with E-state index in [2.05, 4.69) is 10.6 Å². The molecule has 0 atom stereocenters. The number of rotatable bonds is 5. The van der Waals surface area contributed by atoms with Gasteiger partial charge >= 0.3 is 0 Å². The Hall–Kier alpha value is -1.00. The number of hydrogen-bond acceptors (Lipinski definition) is 3. The molecular weight excluding hydrogens is 208 g/mol. The van der Waals surface area contributed by atoms with Crippen LogP contribution in [-0.4, -0.2) is 32.3 Å². The smallest absolute Gasteiger partial charge is 0.252 e. The van der Waals surface area contributed by atoms with E-state index in [4.69, 9.17) is 0 Å². The van der Waals surface area contributed by atoms with Crippen molar-refractivity contribution in [1.29, 1.82) is 0 Å². The lowest BCUT2D eigenvalue weighted by Gasteiger charge is -2.07. The molecular formula is C11H16N2OS. The monoisotopic (exact) mass is 224 g/mol. The summed E-state index contributed by atoms with van der Waals surface area (Å²) in [6, 6.07) is 7.63. The van der Waals surface area contributed by atoms with Crippen LogP contribution in [0.4, 0.5) is 0 Å². The lowest BCUT2D eigenvalue weighted by atomic mass is 10.2. The van der Waals surface area contributed by atoms with E-state index >= 15 is 0 Å². The molecule has 0 aliphatic rings. The summed E-state index contributed by atoms with van der Waals surface area (Å²) in [5.74, 6) is -0.00444. The zero-order chi connectivity index (χ0) is 11.1. The van der Waals surface area contributed by atoms with Crippen LogP contribution in [0.2, 0.25) is 0 Å². The van der Waals surface area contributed by atoms with E-state index in [0.717, 1.165) is 17.0 Å². The summed E-state index contributed by atoms with van der Waals surface area (Å²) in [5, 5.41) is 5.84. The number of carbonyl (C=O) groups excluding carboxylic acids is 1. The largest absolute Gasteiger partial charge is 0.351 e. The first-order valence-corrected chi connectivity index (χ1v) is 6.08. The fourth-order valence-corrected chi connectivity index (χ4v) is 1.82. The van der Waals surface area contributed by atoms with Crippen molar-refractivity contribution in [3.05, 3.63) is 29.8 Å². The molecule has 1 aromatic carbocycles. The number of likely N-dealkylation sites (N-methyl/N-ethyl adjacent to an activating group) is 1. The molecule has 0 heterocycles. The zero-order valence-electron chi connectivity index (χ0n) is 9.04. The van der Waals surface area contributed by atoms with Gasteiger partial charge in [-0.3, -0.25) is 4.79 Å². The van der Waals surface area contributed by atoms with Crippen molar-refractivity contribution >= 4 is 17.7 Å². The molecule has 0 radical (unpaired) electrons. The average molecular weight is 224 g/mol. The molecule has 3 nitrogen and oxygen atoms in total. The summed E-state index contributed by atoms with van der Waals surface area (Å²) >= 11 is 1.59. The Morgan fingerprint density at radius 1 is 1.33 bits per heavy atom. The number of benzene rings is 1. The molecule has 1 rings (SSSR count). The van der Waals surface area contributed by atoms with E-state index in [9.17, 15) is 4.79 Å². The van der Waals surface area contributed by atoms with E-state index < -0.39 is 0 Å². The van der Waals surface area contributed by atoms with Gasteiger partial charge in [0.15, 0.2) is 0 Å². The van der Waals surface area contributed by atoms with Gasteiger partial charge in [-0.05, 0) is 25.4 Å². The fraction of sp³-hybridized carbons (Fsp3) is 0.364. The summed E-state index contributed by atoms with van der Waals surface area (Å²) in [5.41, 5.74) is 0.751. The molecule has 1 aromatic rings. The van der Waals surface area contributed by atoms with E-state index in [1.807, 2.05) is 37.6 Å². The minimum Gasteiger partial charge on any atom is -0.351 e. The van der Waals surface area contributed by atoms with Crippen LogP contribution in [0.15, 0.2) is 29.2 Å². The summed E-state index contributed by atoms with van der Waals surface area (Å²) < 4.78 is 0. The van der Waals surface area contributed by atoms with Crippen molar-refractivity contribution in [2.75, 3.05) is 26.4 Å². The second-order valence-electron chi connectivity index (χ2n) is 3.06. The molecule has 0 fully saturated rings. The van der Waals surface area contributed by atoms with E-state index in [-0.39, 0.29) is 5.91 Å². The minimum absolute atomic E-state index is 0.00444. The van der Waals surface area contributed by atoms with Crippen LogP contribution >= 0.6 is 11.8 Å². The Kier molecular flexibility index (Phi) is 5.21. The first kappa shape index (κ1) is 12.1. The maximum atomic E-state index is 11.7. The number of thioether (sulfide) groups is 1. The molecule has 0 aliphatic heterocycles. The van der Waals surface area contributed by atoms with Crippen molar-refractivity contribution in [2.24, 2.45) is 0 Å². The van der Waals surface area contributed by atoms with E-state index in [0.29, 0.717) is 6.54 Å². The van der Waals surface area contributed by atoms with Crippen LogP contribution in [0.3, 0.4) is 0 Å². The van der Waals surface area contributed by atoms with Crippen molar-refractivity contribution in [2.45, 2.75) is 4.90 Å². The van der Waals surface area contributed by atoms with Crippen LogP contribution in [0.1, 0.15) is 10.4 Å². The van der Waals surface area contributed by atoms with Crippen molar-refractivity contribution < 1.29 is 4.79 Å². The molecule has 0 unspecified atom stereocenters. The zero-order valence-corrected chi connectivity index (χ0v) is 9.86. The first-order valence-electron chi connectivity index (χ1n) is 4.85. The molecule has 82 valence electrons. The van der Waals surface area contributed by atoms with Crippen molar-refractivity contribution in [1.82, 2.24) is 10.6 Å². The maximum absolute atomic E-state index is 11.7. The van der Waals surface area contributed by atoms with Gasteiger partial charge < -0.3 is 10.6 Å². The highest BCUT2D eigenvalue weighted by atomic mass is 32.2. The van der Waals surface area contributed by atoms with Gasteiger partial charge in [-0.25, -0.2) is 0 Å². The number of amides is 1. The quantitative estimate of drug-likeness (QED) is 0.586. The second-order valence-corrected chi connectivity index (χ2v) is 3.91. The fourth-order valence-electron chi connectivity index (χ4n) is 1.23. The predicted octanol–water partition coefficient (Wildman–Crippen LogP) is 1.36. The normalized spacial score (nSPS) is 10.0. The number of hydrogen-bond donors (Lipinski definition) is 2. The third kappa shape index (κ3) is 3.57. The van der Waals surface area contributed by atoms with Gasteiger partial charge in [0.2, 0.25) is 0 Å². The van der Waals surface area contributed by atoms with Gasteiger partial charge in [0.1, 0.15) is 0 Å². The van der Waals surface area contributed by atoms with Gasteiger partial charge in [0.25, 0.3) is 5.91 Å². The Balaban J connectivity index is 2.64. The lowest BCUT2D eigenvalue weighted by molar-refractivity contribution is 0.0951. The highest BCUT2D eigenvalue weighted by Gasteiger charge is 2.08. The predicted molar refractivity (Wildman–Crippen MR) is 64.5 cm³/mol. The minimum atomic E-state index is -0.00444. The Morgan fingerprint density at radius 3 is 2.73 bits per heavy atom. The van der Waals surface area contributed by atoms with E-state index in [1.165, 1.54) is 0 Å². The highest BCUT2D eigenvalue weighted by Crippen LogP contribution is 2.19. The van der Waals surface area contributed by atoms with Crippen LogP contribution < -0.4 is 10.6 Å². The van der Waals surface area contributed by atoms with Crippen LogP contribution in [0.25, 0.3) is 0 Å². The molecule has 0 saturated carbocycles. The Morgan fingerprint density at radius 2 is 2.07 bits per heavy atom. The average Bonchev–Trinajstić information content (AvgIpc) is 2.29. The van der Waals surface area contributed by atoms with Gasteiger partial charge in [-0.15, -0.1) is 11.8 Å². The van der Waals surface area contributed by atoms with Crippen LogP contribution in [0, 0.1) is 0 Å². The SMILES string of the molecule is CNCCNC(=O)c1ccccc1SC. The van der Waals surface area contributed by atoms with E-state index in [1.54, 1.807) is 11.8 Å². The highest BCUT2D eigenvalue weighted by molar-refractivity contribution is 7.98. The molecule has 0 aliphatic carbocycles. The Bertz CT molecular complexity index is 328. The lowest BCUT2D eigenvalue weighted by Crippen LogP contribution is -2.30. The molecule has 0 aromatic heterocycles. The summed E-state index contributed by atoms with van der Waals surface area (Å²) in [6.45, 7) is 1.44. The molecule has 1 amide bonds. The molecule has 0 saturated heterocycles. The maximum Gasteiger partial charge on any atom is 0.252 e. The van der Waals surface area contributed by atoms with Crippen LogP contribution in [0.5, 0.6) is 0 Å². The number of nitrogens with one attached hydrogen (secondary N) is 2. The molecule has 0 spiro atoms. The van der Waals surface area contributed by atoms with Gasteiger partial charge in [-0.1, -0.05) is 12.1 Å². The number of carbonyl (C=O) groups is 1. The molecule has 4 heteroatoms. The molecule has 15 heavy (non-hydrogen) atoms. The summed E-state index contributed by atoms with van der Waals surface area (Å²) in [4.78, 5) is 12.8. The van der Waals surface area contributed by atoms with Gasteiger partial charge in [0, 0.05) is 18.0 Å². The van der Waals surface area contributed by atoms with Crippen molar-refractivity contribution in [3.8, 4) is 0 Å². The molecule has 0 bridgehead atoms. The Labute approximate surface area is 94.6 Å². The standard InChI is InChI=1S/C11H16N2OS/c1-12-7-8-13-11(14)9-5-3-4-6-10(9)15-2/h3-6,12H,7-8H2,1-2H3,(H,13,14). The summed E-state index contributed by atoms with van der Waals surface area (Å²) in [7, 11) is 1.86. The first-order chi connectivity index (χ1) is 7.29. The molecule has 2 N–H and O–H groups in total. The topological polar surface area (TPSA) is 41.1 Å². The summed E-state index contributed by atoms with van der Waals surface area (Å²) in [6.07, 6.45) is 1.97. The third-order valence-corrected chi connectivity index (χ3v) is 2.81. The van der Waals surface area contributed by atoms with Crippen molar-refractivity contribution in [3.63, 3.8) is 0 Å². The van der Waals surface area contributed by atoms with Gasteiger partial charge in [-0.2, -0.15) is 0 Å². The van der Waals surface area contributed by atoms with Crippen LogP contribution in [-0.2, 0) is 0 Å². The van der Waals surface area contributed by atoms with Gasteiger partial charge in [0.05, 0.1) is 5.56 Å². The third-order valence-electron chi connectivity index (χ3n) is 2.01. The second kappa shape index (κ2) is 6.48.